The number of hydrogen-bond donors (Lipinski definition) is 1. The molecule has 3 nitrogen and oxygen atoms in total. The molecule has 0 aromatic heterocycles. The van der Waals surface area contributed by atoms with Gasteiger partial charge < -0.3 is 10.6 Å². The van der Waals surface area contributed by atoms with Crippen molar-refractivity contribution in [1.82, 2.24) is 4.90 Å². The van der Waals surface area contributed by atoms with Crippen molar-refractivity contribution in [3.8, 4) is 0 Å². The van der Waals surface area contributed by atoms with Crippen LogP contribution in [0.2, 0.25) is 0 Å². The molecule has 4 heteroatoms. The van der Waals surface area contributed by atoms with Gasteiger partial charge in [-0.25, -0.2) is 0 Å². The number of nitrogens with two attached hydrogens (primary N) is 1. The molecular formula is C12H25ClN2O. The monoisotopic (exact) mass is 248 g/mol. The summed E-state index contributed by atoms with van der Waals surface area (Å²) in [6.07, 6.45) is 6.85. The third kappa shape index (κ3) is 4.30. The van der Waals surface area contributed by atoms with Gasteiger partial charge in [-0.15, -0.1) is 12.4 Å². The standard InChI is InChI=1S/C12H24N2O.ClH/c1-3-14(2)12(15)10-8-6-4-5-7-9-11(10)13;/h10-11H,3-9,13H2,1-2H3;1H. The summed E-state index contributed by atoms with van der Waals surface area (Å²) in [5.41, 5.74) is 6.09. The molecule has 1 saturated carbocycles. The first-order chi connectivity index (χ1) is 7.16. The molecule has 0 aromatic carbocycles. The van der Waals surface area contributed by atoms with Gasteiger partial charge >= 0.3 is 0 Å². The van der Waals surface area contributed by atoms with Crippen molar-refractivity contribution in [2.24, 2.45) is 11.7 Å². The van der Waals surface area contributed by atoms with Crippen LogP contribution in [0.1, 0.15) is 45.4 Å². The third-order valence-corrected chi connectivity index (χ3v) is 3.49. The molecule has 0 heterocycles. The molecule has 1 fully saturated rings. The first kappa shape index (κ1) is 15.7. The van der Waals surface area contributed by atoms with Gasteiger partial charge in [-0.3, -0.25) is 4.79 Å². The average Bonchev–Trinajstić information content (AvgIpc) is 2.22. The van der Waals surface area contributed by atoms with E-state index in [1.807, 2.05) is 14.0 Å². The Hall–Kier alpha value is -0.280. The second kappa shape index (κ2) is 7.91. The lowest BCUT2D eigenvalue weighted by atomic mass is 9.86. The van der Waals surface area contributed by atoms with Crippen molar-refractivity contribution < 1.29 is 4.79 Å². The van der Waals surface area contributed by atoms with E-state index in [0.29, 0.717) is 0 Å². The molecule has 96 valence electrons. The summed E-state index contributed by atoms with van der Waals surface area (Å²) in [5.74, 6) is 0.308. The van der Waals surface area contributed by atoms with Crippen LogP contribution in [0.3, 0.4) is 0 Å². The maximum absolute atomic E-state index is 12.1. The number of hydrogen-bond acceptors (Lipinski definition) is 2. The van der Waals surface area contributed by atoms with Gasteiger partial charge in [-0.2, -0.15) is 0 Å². The number of carbonyl (C=O) groups excluding carboxylic acids is 1. The van der Waals surface area contributed by atoms with Gasteiger partial charge in [0, 0.05) is 19.6 Å². The Kier molecular flexibility index (Phi) is 7.77. The van der Waals surface area contributed by atoms with E-state index in [-0.39, 0.29) is 30.3 Å². The van der Waals surface area contributed by atoms with Crippen molar-refractivity contribution in [2.75, 3.05) is 13.6 Å². The second-order valence-corrected chi connectivity index (χ2v) is 4.61. The highest BCUT2D eigenvalue weighted by molar-refractivity contribution is 5.85. The van der Waals surface area contributed by atoms with Crippen LogP contribution in [0.4, 0.5) is 0 Å². The minimum Gasteiger partial charge on any atom is -0.346 e. The fraction of sp³-hybridized carbons (Fsp3) is 0.917. The minimum atomic E-state index is 0. The van der Waals surface area contributed by atoms with Crippen LogP contribution in [0.15, 0.2) is 0 Å². The van der Waals surface area contributed by atoms with Gasteiger partial charge in [0.05, 0.1) is 5.92 Å². The van der Waals surface area contributed by atoms with Gasteiger partial charge in [0.15, 0.2) is 0 Å². The fourth-order valence-electron chi connectivity index (χ4n) is 2.26. The van der Waals surface area contributed by atoms with E-state index in [0.717, 1.165) is 25.8 Å². The number of amides is 1. The molecule has 0 spiro atoms. The molecule has 0 radical (unpaired) electrons. The summed E-state index contributed by atoms with van der Waals surface area (Å²) in [4.78, 5) is 13.8. The highest BCUT2D eigenvalue weighted by Crippen LogP contribution is 2.23. The van der Waals surface area contributed by atoms with Crippen LogP contribution in [0.5, 0.6) is 0 Å². The van der Waals surface area contributed by atoms with Crippen molar-refractivity contribution in [3.05, 3.63) is 0 Å². The van der Waals surface area contributed by atoms with Gasteiger partial charge in [-0.1, -0.05) is 25.7 Å². The number of nitrogens with zero attached hydrogens (tertiary/aromatic N) is 1. The SMILES string of the molecule is CCN(C)C(=O)C1CCCCCCC1N.Cl. The zero-order valence-corrected chi connectivity index (χ0v) is 11.3. The molecule has 16 heavy (non-hydrogen) atoms. The van der Waals surface area contributed by atoms with E-state index in [9.17, 15) is 4.79 Å². The van der Waals surface area contributed by atoms with E-state index in [2.05, 4.69) is 0 Å². The lowest BCUT2D eigenvalue weighted by molar-refractivity contribution is -0.135. The molecule has 2 N–H and O–H groups in total. The predicted molar refractivity (Wildman–Crippen MR) is 69.7 cm³/mol. The lowest BCUT2D eigenvalue weighted by Gasteiger charge is -2.28. The maximum Gasteiger partial charge on any atom is 0.226 e. The molecular weight excluding hydrogens is 224 g/mol. The van der Waals surface area contributed by atoms with Crippen LogP contribution >= 0.6 is 12.4 Å². The van der Waals surface area contributed by atoms with Crippen LogP contribution < -0.4 is 5.73 Å². The maximum atomic E-state index is 12.1. The van der Waals surface area contributed by atoms with Crippen molar-refractivity contribution >= 4 is 18.3 Å². The summed E-state index contributed by atoms with van der Waals surface area (Å²) in [6, 6.07) is 0.0757. The van der Waals surface area contributed by atoms with Crippen molar-refractivity contribution in [3.63, 3.8) is 0 Å². The first-order valence-corrected chi connectivity index (χ1v) is 6.17. The molecule has 0 bridgehead atoms. The molecule has 1 amide bonds. The van der Waals surface area contributed by atoms with E-state index in [4.69, 9.17) is 5.73 Å². The smallest absolute Gasteiger partial charge is 0.226 e. The summed E-state index contributed by atoms with van der Waals surface area (Å²) in [5, 5.41) is 0. The first-order valence-electron chi connectivity index (χ1n) is 6.17. The van der Waals surface area contributed by atoms with Gasteiger partial charge in [0.2, 0.25) is 5.91 Å². The van der Waals surface area contributed by atoms with E-state index in [1.54, 1.807) is 4.90 Å². The molecule has 0 aliphatic heterocycles. The van der Waals surface area contributed by atoms with E-state index >= 15 is 0 Å². The Balaban J connectivity index is 0.00000225. The summed E-state index contributed by atoms with van der Waals surface area (Å²) < 4.78 is 0. The largest absolute Gasteiger partial charge is 0.346 e. The Bertz CT molecular complexity index is 211. The highest BCUT2D eigenvalue weighted by atomic mass is 35.5. The zero-order valence-electron chi connectivity index (χ0n) is 10.4. The topological polar surface area (TPSA) is 46.3 Å². The highest BCUT2D eigenvalue weighted by Gasteiger charge is 2.27. The zero-order chi connectivity index (χ0) is 11.3. The summed E-state index contributed by atoms with van der Waals surface area (Å²) in [6.45, 7) is 2.79. The summed E-state index contributed by atoms with van der Waals surface area (Å²) >= 11 is 0. The second-order valence-electron chi connectivity index (χ2n) is 4.61. The molecule has 0 aromatic rings. The third-order valence-electron chi connectivity index (χ3n) is 3.49. The van der Waals surface area contributed by atoms with Crippen molar-refractivity contribution in [1.29, 1.82) is 0 Å². The summed E-state index contributed by atoms with van der Waals surface area (Å²) in [7, 11) is 1.87. The fourth-order valence-corrected chi connectivity index (χ4v) is 2.26. The minimum absolute atomic E-state index is 0. The normalized spacial score (nSPS) is 26.2. The van der Waals surface area contributed by atoms with E-state index < -0.39 is 0 Å². The lowest BCUT2D eigenvalue weighted by Crippen LogP contribution is -2.43. The number of rotatable bonds is 2. The quantitative estimate of drug-likeness (QED) is 0.814. The Labute approximate surface area is 105 Å². The van der Waals surface area contributed by atoms with Crippen molar-refractivity contribution in [2.45, 2.75) is 51.5 Å². The Morgan fingerprint density at radius 2 is 1.81 bits per heavy atom. The van der Waals surface area contributed by atoms with Crippen LogP contribution in [-0.2, 0) is 4.79 Å². The predicted octanol–water partition coefficient (Wildman–Crippen LogP) is 2.18. The number of halogens is 1. The molecule has 1 aliphatic rings. The van der Waals surface area contributed by atoms with Crippen LogP contribution in [-0.4, -0.2) is 30.4 Å². The van der Waals surface area contributed by atoms with Gasteiger partial charge in [0.1, 0.15) is 0 Å². The molecule has 1 rings (SSSR count). The molecule has 2 unspecified atom stereocenters. The number of carbonyl (C=O) groups is 1. The van der Waals surface area contributed by atoms with Crippen LogP contribution in [0, 0.1) is 5.92 Å². The van der Waals surface area contributed by atoms with Crippen LogP contribution in [0.25, 0.3) is 0 Å². The molecule has 2 atom stereocenters. The van der Waals surface area contributed by atoms with Gasteiger partial charge in [0.25, 0.3) is 0 Å². The van der Waals surface area contributed by atoms with Gasteiger partial charge in [-0.05, 0) is 19.8 Å². The molecule has 1 aliphatic carbocycles. The molecule has 0 saturated heterocycles. The van der Waals surface area contributed by atoms with E-state index in [1.165, 1.54) is 19.3 Å². The Morgan fingerprint density at radius 1 is 1.25 bits per heavy atom. The Morgan fingerprint density at radius 3 is 2.38 bits per heavy atom. The average molecular weight is 249 g/mol.